The third kappa shape index (κ3) is 4.01. The molecular formula is C12H26N2O2. The van der Waals surface area contributed by atoms with Crippen molar-refractivity contribution in [3.05, 3.63) is 0 Å². The highest BCUT2D eigenvalue weighted by Gasteiger charge is 2.29. The molecule has 0 atom stereocenters. The van der Waals surface area contributed by atoms with Gasteiger partial charge in [0, 0.05) is 12.1 Å². The Bertz CT molecular complexity index is 217. The summed E-state index contributed by atoms with van der Waals surface area (Å²) in [5, 5.41) is 3.49. The molecule has 0 saturated carbocycles. The lowest BCUT2D eigenvalue weighted by Crippen LogP contribution is -2.54. The van der Waals surface area contributed by atoms with Crippen molar-refractivity contribution in [3.8, 4) is 0 Å². The van der Waals surface area contributed by atoms with Crippen LogP contribution >= 0.6 is 0 Å². The summed E-state index contributed by atoms with van der Waals surface area (Å²) < 4.78 is 11.2. The zero-order valence-electron chi connectivity index (χ0n) is 11.5. The minimum absolute atomic E-state index is 0.146. The van der Waals surface area contributed by atoms with Gasteiger partial charge in [-0.2, -0.15) is 0 Å². The number of nitrogens with zero attached hydrogens (tertiary/aromatic N) is 1. The van der Waals surface area contributed by atoms with Crippen molar-refractivity contribution in [3.63, 3.8) is 0 Å². The second kappa shape index (κ2) is 5.00. The molecule has 0 aliphatic carbocycles. The third-order valence-corrected chi connectivity index (χ3v) is 3.30. The van der Waals surface area contributed by atoms with Crippen LogP contribution in [0.4, 0.5) is 0 Å². The molecule has 1 aliphatic rings. The van der Waals surface area contributed by atoms with Crippen LogP contribution in [-0.4, -0.2) is 56.1 Å². The number of nitrogens with one attached hydrogen (secondary N) is 1. The molecule has 1 rings (SSSR count). The maximum atomic E-state index is 5.61. The lowest BCUT2D eigenvalue weighted by Gasteiger charge is -2.38. The highest BCUT2D eigenvalue weighted by atomic mass is 16.7. The molecule has 4 nitrogen and oxygen atoms in total. The normalized spacial score (nSPS) is 22.7. The van der Waals surface area contributed by atoms with Gasteiger partial charge in [-0.1, -0.05) is 0 Å². The summed E-state index contributed by atoms with van der Waals surface area (Å²) in [6, 6.07) is 0.298. The van der Waals surface area contributed by atoms with E-state index in [4.69, 9.17) is 9.47 Å². The van der Waals surface area contributed by atoms with Gasteiger partial charge in [-0.15, -0.1) is 0 Å². The van der Waals surface area contributed by atoms with E-state index in [0.717, 1.165) is 19.8 Å². The number of rotatable bonds is 4. The predicted molar refractivity (Wildman–Crippen MR) is 65.5 cm³/mol. The van der Waals surface area contributed by atoms with Crippen LogP contribution in [0, 0.1) is 0 Å². The Hall–Kier alpha value is -0.160. The lowest BCUT2D eigenvalue weighted by molar-refractivity contribution is -0.253. The number of hydrogen-bond donors (Lipinski definition) is 1. The Morgan fingerprint density at radius 2 is 1.75 bits per heavy atom. The zero-order valence-corrected chi connectivity index (χ0v) is 11.5. The highest BCUT2D eigenvalue weighted by molar-refractivity contribution is 4.83. The van der Waals surface area contributed by atoms with Gasteiger partial charge in [0.15, 0.2) is 5.79 Å². The second-order valence-electron chi connectivity index (χ2n) is 5.81. The second-order valence-corrected chi connectivity index (χ2v) is 5.81. The fraction of sp³-hybridized carbons (Fsp3) is 1.00. The molecule has 0 aromatic heterocycles. The monoisotopic (exact) mass is 230 g/mol. The van der Waals surface area contributed by atoms with E-state index in [0.29, 0.717) is 6.04 Å². The molecule has 1 saturated heterocycles. The van der Waals surface area contributed by atoms with E-state index in [1.165, 1.54) is 0 Å². The maximum Gasteiger partial charge on any atom is 0.162 e. The van der Waals surface area contributed by atoms with E-state index in [2.05, 4.69) is 38.2 Å². The number of ether oxygens (including phenoxy) is 2. The first-order chi connectivity index (χ1) is 7.23. The summed E-state index contributed by atoms with van der Waals surface area (Å²) in [6.45, 7) is 10.7. The fourth-order valence-electron chi connectivity index (χ4n) is 1.36. The predicted octanol–water partition coefficient (Wildman–Crippen LogP) is 1.07. The first-order valence-electron chi connectivity index (χ1n) is 5.92. The van der Waals surface area contributed by atoms with Gasteiger partial charge in [0.2, 0.25) is 0 Å². The molecule has 1 aliphatic heterocycles. The van der Waals surface area contributed by atoms with Gasteiger partial charge in [0.25, 0.3) is 0 Å². The summed E-state index contributed by atoms with van der Waals surface area (Å²) in [7, 11) is 4.19. The van der Waals surface area contributed by atoms with Crippen LogP contribution in [0.1, 0.15) is 27.7 Å². The molecule has 0 radical (unpaired) electrons. The average Bonchev–Trinajstić information content (AvgIpc) is 2.16. The standard InChI is InChI=1S/C12H26N2O2/c1-11(2,14(5)6)9-13-10-7-15-12(3,4)16-8-10/h10,13H,7-9H2,1-6H3. The quantitative estimate of drug-likeness (QED) is 0.783. The minimum Gasteiger partial charge on any atom is -0.349 e. The molecule has 4 heteroatoms. The Kier molecular flexibility index (Phi) is 4.35. The smallest absolute Gasteiger partial charge is 0.162 e. The van der Waals surface area contributed by atoms with Crippen molar-refractivity contribution in [2.24, 2.45) is 0 Å². The van der Waals surface area contributed by atoms with E-state index in [1.807, 2.05) is 13.8 Å². The summed E-state index contributed by atoms with van der Waals surface area (Å²) in [6.07, 6.45) is 0. The molecule has 96 valence electrons. The first-order valence-corrected chi connectivity index (χ1v) is 5.92. The van der Waals surface area contributed by atoms with Gasteiger partial charge in [-0.05, 0) is 41.8 Å². The fourth-order valence-corrected chi connectivity index (χ4v) is 1.36. The van der Waals surface area contributed by atoms with Crippen LogP contribution in [0.15, 0.2) is 0 Å². The van der Waals surface area contributed by atoms with E-state index in [9.17, 15) is 0 Å². The lowest BCUT2D eigenvalue weighted by atomic mass is 10.0. The number of likely N-dealkylation sites (N-methyl/N-ethyl adjacent to an activating group) is 1. The van der Waals surface area contributed by atoms with Gasteiger partial charge >= 0.3 is 0 Å². The van der Waals surface area contributed by atoms with Gasteiger partial charge in [0.05, 0.1) is 19.3 Å². The van der Waals surface area contributed by atoms with Crippen molar-refractivity contribution in [2.45, 2.75) is 45.1 Å². The summed E-state index contributed by atoms with van der Waals surface area (Å²) in [5.41, 5.74) is 0.146. The van der Waals surface area contributed by atoms with E-state index in [1.54, 1.807) is 0 Å². The van der Waals surface area contributed by atoms with Gasteiger partial charge in [-0.3, -0.25) is 0 Å². The van der Waals surface area contributed by atoms with Gasteiger partial charge in [0.1, 0.15) is 0 Å². The largest absolute Gasteiger partial charge is 0.349 e. The molecule has 1 heterocycles. The van der Waals surface area contributed by atoms with Crippen LogP contribution in [0.2, 0.25) is 0 Å². The van der Waals surface area contributed by atoms with Crippen LogP contribution in [0.3, 0.4) is 0 Å². The van der Waals surface area contributed by atoms with E-state index >= 15 is 0 Å². The Morgan fingerprint density at radius 3 is 2.19 bits per heavy atom. The third-order valence-electron chi connectivity index (χ3n) is 3.30. The SMILES string of the molecule is CN(C)C(C)(C)CNC1COC(C)(C)OC1. The maximum absolute atomic E-state index is 5.61. The summed E-state index contributed by atoms with van der Waals surface area (Å²) in [4.78, 5) is 2.22. The van der Waals surface area contributed by atoms with Crippen molar-refractivity contribution >= 4 is 0 Å². The molecule has 1 N–H and O–H groups in total. The minimum atomic E-state index is -0.421. The molecular weight excluding hydrogens is 204 g/mol. The Labute approximate surface area is 99.3 Å². The Balaban J connectivity index is 2.30. The molecule has 0 aromatic rings. The molecule has 16 heavy (non-hydrogen) atoms. The highest BCUT2D eigenvalue weighted by Crippen LogP contribution is 2.17. The van der Waals surface area contributed by atoms with E-state index in [-0.39, 0.29) is 5.54 Å². The van der Waals surface area contributed by atoms with Gasteiger partial charge in [-0.25, -0.2) is 0 Å². The van der Waals surface area contributed by atoms with Gasteiger partial charge < -0.3 is 19.7 Å². The molecule has 1 fully saturated rings. The van der Waals surface area contributed by atoms with Crippen molar-refractivity contribution in [1.82, 2.24) is 10.2 Å². The first kappa shape index (κ1) is 13.9. The van der Waals surface area contributed by atoms with Crippen molar-refractivity contribution < 1.29 is 9.47 Å². The average molecular weight is 230 g/mol. The van der Waals surface area contributed by atoms with Crippen molar-refractivity contribution in [2.75, 3.05) is 33.9 Å². The molecule has 0 unspecified atom stereocenters. The topological polar surface area (TPSA) is 33.7 Å². The van der Waals surface area contributed by atoms with Crippen LogP contribution < -0.4 is 5.32 Å². The van der Waals surface area contributed by atoms with E-state index < -0.39 is 5.79 Å². The molecule has 0 aromatic carbocycles. The number of hydrogen-bond acceptors (Lipinski definition) is 4. The summed E-state index contributed by atoms with van der Waals surface area (Å²) in [5.74, 6) is -0.421. The van der Waals surface area contributed by atoms with Crippen LogP contribution in [-0.2, 0) is 9.47 Å². The van der Waals surface area contributed by atoms with Crippen molar-refractivity contribution in [1.29, 1.82) is 0 Å². The molecule has 0 bridgehead atoms. The van der Waals surface area contributed by atoms with Crippen LogP contribution in [0.5, 0.6) is 0 Å². The van der Waals surface area contributed by atoms with Crippen LogP contribution in [0.25, 0.3) is 0 Å². The zero-order chi connectivity index (χ0) is 12.4. The molecule has 0 spiro atoms. The molecule has 0 amide bonds. The summed E-state index contributed by atoms with van der Waals surface area (Å²) >= 11 is 0. The Morgan fingerprint density at radius 1 is 1.25 bits per heavy atom.